The molecule has 1 heterocycles. The predicted octanol–water partition coefficient (Wildman–Crippen LogP) is 1.64. The van der Waals surface area contributed by atoms with E-state index >= 15 is 0 Å². The van der Waals surface area contributed by atoms with Gasteiger partial charge < -0.3 is 0 Å². The molecule has 0 unspecified atom stereocenters. The molecule has 2 nitrogen and oxygen atoms in total. The summed E-state index contributed by atoms with van der Waals surface area (Å²) in [5.41, 5.74) is 2.58. The molecule has 1 aromatic heterocycles. The highest BCUT2D eigenvalue weighted by molar-refractivity contribution is 6.88. The number of aryl methyl sites for hydroxylation is 1. The minimum atomic E-state index is -1.28. The maximum absolute atomic E-state index is 4.22. The molecule has 0 spiro atoms. The highest BCUT2D eigenvalue weighted by atomic mass is 28.3. The van der Waals surface area contributed by atoms with Crippen LogP contribution in [0.25, 0.3) is 0 Å². The second kappa shape index (κ2) is 2.97. The van der Waals surface area contributed by atoms with Crippen LogP contribution in [0.2, 0.25) is 19.6 Å². The standard InChI is InChI=1S/C9H16N2Si/c1-7-6-10-11-9(8(7)2)12(3,4)5/h6H,1-5H3. The molecular weight excluding hydrogens is 164 g/mol. The molecule has 66 valence electrons. The van der Waals surface area contributed by atoms with Gasteiger partial charge in [-0.2, -0.15) is 10.2 Å². The lowest BCUT2D eigenvalue weighted by atomic mass is 10.2. The van der Waals surface area contributed by atoms with Gasteiger partial charge in [-0.1, -0.05) is 19.6 Å². The Labute approximate surface area is 75.0 Å². The van der Waals surface area contributed by atoms with E-state index in [-0.39, 0.29) is 0 Å². The second-order valence-corrected chi connectivity index (χ2v) is 9.22. The summed E-state index contributed by atoms with van der Waals surface area (Å²) >= 11 is 0. The number of rotatable bonds is 1. The van der Waals surface area contributed by atoms with E-state index in [0.717, 1.165) is 0 Å². The Morgan fingerprint density at radius 3 is 2.17 bits per heavy atom. The van der Waals surface area contributed by atoms with Gasteiger partial charge in [-0.15, -0.1) is 0 Å². The summed E-state index contributed by atoms with van der Waals surface area (Å²) in [6, 6.07) is 0. The molecule has 0 aliphatic carbocycles. The van der Waals surface area contributed by atoms with Crippen LogP contribution in [0.5, 0.6) is 0 Å². The molecule has 0 N–H and O–H groups in total. The number of hydrogen-bond acceptors (Lipinski definition) is 2. The van der Waals surface area contributed by atoms with Crippen LogP contribution in [0.1, 0.15) is 11.1 Å². The van der Waals surface area contributed by atoms with E-state index in [4.69, 9.17) is 0 Å². The summed E-state index contributed by atoms with van der Waals surface area (Å²) in [6.07, 6.45) is 1.83. The van der Waals surface area contributed by atoms with Crippen molar-refractivity contribution in [3.05, 3.63) is 17.3 Å². The van der Waals surface area contributed by atoms with Crippen LogP contribution in [0.3, 0.4) is 0 Å². The summed E-state index contributed by atoms with van der Waals surface area (Å²) in [5, 5.41) is 9.46. The van der Waals surface area contributed by atoms with E-state index in [1.165, 1.54) is 16.4 Å². The van der Waals surface area contributed by atoms with Gasteiger partial charge in [-0.05, 0) is 25.0 Å². The molecule has 1 aromatic rings. The third-order valence-electron chi connectivity index (χ3n) is 2.07. The second-order valence-electron chi connectivity index (χ2n) is 4.25. The lowest BCUT2D eigenvalue weighted by Gasteiger charge is -2.17. The van der Waals surface area contributed by atoms with Gasteiger partial charge in [-0.25, -0.2) is 0 Å². The first-order valence-corrected chi connectivity index (χ1v) is 7.72. The van der Waals surface area contributed by atoms with Crippen molar-refractivity contribution in [2.45, 2.75) is 33.5 Å². The predicted molar refractivity (Wildman–Crippen MR) is 54.5 cm³/mol. The smallest absolute Gasteiger partial charge is 0.104 e. The Kier molecular flexibility index (Phi) is 2.33. The van der Waals surface area contributed by atoms with Crippen molar-refractivity contribution >= 4 is 13.4 Å². The molecule has 0 atom stereocenters. The first-order chi connectivity index (χ1) is 5.43. The van der Waals surface area contributed by atoms with Gasteiger partial charge in [0.15, 0.2) is 0 Å². The van der Waals surface area contributed by atoms with Gasteiger partial charge in [0.1, 0.15) is 8.07 Å². The van der Waals surface area contributed by atoms with Gasteiger partial charge in [0.05, 0.1) is 6.20 Å². The Balaban J connectivity index is 3.26. The quantitative estimate of drug-likeness (QED) is 0.614. The van der Waals surface area contributed by atoms with E-state index in [0.29, 0.717) is 0 Å². The largest absolute Gasteiger partial charge is 0.160 e. The van der Waals surface area contributed by atoms with Crippen molar-refractivity contribution in [3.63, 3.8) is 0 Å². The van der Waals surface area contributed by atoms with Crippen LogP contribution in [0, 0.1) is 13.8 Å². The molecular formula is C9H16N2Si. The molecule has 0 bridgehead atoms. The first-order valence-electron chi connectivity index (χ1n) is 4.22. The van der Waals surface area contributed by atoms with Crippen LogP contribution < -0.4 is 5.32 Å². The van der Waals surface area contributed by atoms with Crippen molar-refractivity contribution in [3.8, 4) is 0 Å². The topological polar surface area (TPSA) is 25.8 Å². The monoisotopic (exact) mass is 180 g/mol. The van der Waals surface area contributed by atoms with Crippen LogP contribution in [-0.2, 0) is 0 Å². The summed E-state index contributed by atoms with van der Waals surface area (Å²) < 4.78 is 0. The zero-order valence-corrected chi connectivity index (χ0v) is 9.47. The van der Waals surface area contributed by atoms with Gasteiger partial charge in [0.2, 0.25) is 0 Å². The van der Waals surface area contributed by atoms with Crippen LogP contribution in [0.4, 0.5) is 0 Å². The van der Waals surface area contributed by atoms with Crippen LogP contribution in [0.15, 0.2) is 6.20 Å². The maximum Gasteiger partial charge on any atom is 0.104 e. The molecule has 0 saturated carbocycles. The summed E-state index contributed by atoms with van der Waals surface area (Å²) in [7, 11) is -1.28. The molecule has 0 amide bonds. The average Bonchev–Trinajstić information content (AvgIpc) is 1.92. The molecule has 0 fully saturated rings. The van der Waals surface area contributed by atoms with Gasteiger partial charge >= 0.3 is 0 Å². The highest BCUT2D eigenvalue weighted by Gasteiger charge is 2.21. The first kappa shape index (κ1) is 9.39. The van der Waals surface area contributed by atoms with Crippen molar-refractivity contribution in [2.75, 3.05) is 0 Å². The van der Waals surface area contributed by atoms with Crippen molar-refractivity contribution in [1.82, 2.24) is 10.2 Å². The summed E-state index contributed by atoms with van der Waals surface area (Å²) in [6.45, 7) is 11.1. The minimum Gasteiger partial charge on any atom is -0.160 e. The Morgan fingerprint density at radius 1 is 1.17 bits per heavy atom. The van der Waals surface area contributed by atoms with E-state index in [2.05, 4.69) is 43.7 Å². The van der Waals surface area contributed by atoms with Crippen molar-refractivity contribution in [1.29, 1.82) is 0 Å². The lowest BCUT2D eigenvalue weighted by molar-refractivity contribution is 1.02. The fourth-order valence-electron chi connectivity index (χ4n) is 1.24. The SMILES string of the molecule is Cc1cnnc([Si](C)(C)C)c1C. The van der Waals surface area contributed by atoms with E-state index in [1.54, 1.807) is 0 Å². The molecule has 12 heavy (non-hydrogen) atoms. The number of nitrogens with zero attached hydrogens (tertiary/aromatic N) is 2. The maximum atomic E-state index is 4.22. The number of aromatic nitrogens is 2. The molecule has 0 aliphatic rings. The molecule has 0 radical (unpaired) electrons. The van der Waals surface area contributed by atoms with Gasteiger partial charge in [-0.3, -0.25) is 0 Å². The van der Waals surface area contributed by atoms with Crippen molar-refractivity contribution < 1.29 is 0 Å². The molecule has 0 saturated heterocycles. The van der Waals surface area contributed by atoms with Gasteiger partial charge in [0, 0.05) is 5.32 Å². The minimum absolute atomic E-state index is 1.24. The Bertz CT molecular complexity index is 289. The zero-order chi connectivity index (χ0) is 9.35. The van der Waals surface area contributed by atoms with Crippen LogP contribution >= 0.6 is 0 Å². The van der Waals surface area contributed by atoms with E-state index in [1.807, 2.05) is 6.20 Å². The molecule has 0 aromatic carbocycles. The van der Waals surface area contributed by atoms with E-state index < -0.39 is 8.07 Å². The average molecular weight is 180 g/mol. The highest BCUT2D eigenvalue weighted by Crippen LogP contribution is 2.06. The lowest BCUT2D eigenvalue weighted by Crippen LogP contribution is -2.42. The molecule has 0 aliphatic heterocycles. The Morgan fingerprint density at radius 2 is 1.75 bits per heavy atom. The summed E-state index contributed by atoms with van der Waals surface area (Å²) in [5.74, 6) is 0. The third kappa shape index (κ3) is 1.72. The normalized spacial score (nSPS) is 11.8. The fraction of sp³-hybridized carbons (Fsp3) is 0.556. The fourth-order valence-corrected chi connectivity index (χ4v) is 2.92. The Hall–Kier alpha value is -0.703. The zero-order valence-electron chi connectivity index (χ0n) is 8.47. The summed E-state index contributed by atoms with van der Waals surface area (Å²) in [4.78, 5) is 0. The molecule has 1 rings (SSSR count). The van der Waals surface area contributed by atoms with E-state index in [9.17, 15) is 0 Å². The third-order valence-corrected chi connectivity index (χ3v) is 3.96. The van der Waals surface area contributed by atoms with Crippen molar-refractivity contribution in [2.24, 2.45) is 0 Å². The number of hydrogen-bond donors (Lipinski definition) is 0. The van der Waals surface area contributed by atoms with Gasteiger partial charge in [0.25, 0.3) is 0 Å². The van der Waals surface area contributed by atoms with Crippen LogP contribution in [-0.4, -0.2) is 18.3 Å². The molecule has 3 heteroatoms.